The maximum absolute atomic E-state index is 12.1. The van der Waals surface area contributed by atoms with Crippen molar-refractivity contribution in [3.8, 4) is 11.5 Å². The highest BCUT2D eigenvalue weighted by Crippen LogP contribution is 2.24. The molecular formula is C33H56O7. The molecule has 1 N–H and O–H groups in total. The van der Waals surface area contributed by atoms with Crippen LogP contribution in [0.3, 0.4) is 0 Å². The fourth-order valence-corrected chi connectivity index (χ4v) is 4.37. The van der Waals surface area contributed by atoms with E-state index in [0.717, 1.165) is 51.4 Å². The first-order valence-corrected chi connectivity index (χ1v) is 15.8. The second-order valence-electron chi connectivity index (χ2n) is 10.8. The molecule has 1 aromatic carbocycles. The van der Waals surface area contributed by atoms with E-state index in [1.165, 1.54) is 12.8 Å². The molecule has 0 heterocycles. The summed E-state index contributed by atoms with van der Waals surface area (Å²) in [6.07, 6.45) is 12.6. The number of carbonyl (C=O) groups is 2. The zero-order chi connectivity index (χ0) is 29.4. The molecule has 0 aromatic heterocycles. The normalized spacial score (nSPS) is 12.5. The number of aliphatic hydroxyl groups excluding tert-OH is 1. The number of aliphatic hydroxyl groups is 1. The van der Waals surface area contributed by atoms with E-state index in [1.807, 2.05) is 6.07 Å². The third-order valence-electron chi connectivity index (χ3n) is 7.26. The van der Waals surface area contributed by atoms with E-state index in [0.29, 0.717) is 81.0 Å². The van der Waals surface area contributed by atoms with Crippen molar-refractivity contribution < 1.29 is 33.6 Å². The van der Waals surface area contributed by atoms with Gasteiger partial charge < -0.3 is 24.1 Å². The average Bonchev–Trinajstić information content (AvgIpc) is 2.96. The van der Waals surface area contributed by atoms with E-state index in [2.05, 4.69) is 27.7 Å². The molecule has 0 spiro atoms. The summed E-state index contributed by atoms with van der Waals surface area (Å²) in [5.74, 6) is 1.89. The van der Waals surface area contributed by atoms with E-state index >= 15 is 0 Å². The van der Waals surface area contributed by atoms with Gasteiger partial charge in [-0.15, -0.1) is 0 Å². The molecule has 1 aromatic rings. The molecule has 0 amide bonds. The standard InChI is InChI=1S/C33H56O7/c1-5-9-15-27(7-3)25-39-32(35)17-11-13-19-37-30-21-29(24-34)22-31(23-30)38-20-14-12-18-33(36)40-26-28(8-4)16-10-6-2/h21-23,27-28,34H,5-20,24-26H2,1-4H3. The number of esters is 2. The summed E-state index contributed by atoms with van der Waals surface area (Å²) in [6.45, 7) is 10.5. The molecule has 0 saturated heterocycles. The number of ether oxygens (including phenoxy) is 4. The molecule has 0 aliphatic heterocycles. The Morgan fingerprint density at radius 1 is 0.675 bits per heavy atom. The minimum absolute atomic E-state index is 0.112. The number of benzene rings is 1. The van der Waals surface area contributed by atoms with E-state index < -0.39 is 0 Å². The summed E-state index contributed by atoms with van der Waals surface area (Å²) in [6, 6.07) is 5.40. The zero-order valence-corrected chi connectivity index (χ0v) is 25.7. The lowest BCUT2D eigenvalue weighted by atomic mass is 10.0. The van der Waals surface area contributed by atoms with Gasteiger partial charge in [-0.05, 0) is 68.1 Å². The highest BCUT2D eigenvalue weighted by atomic mass is 16.5. The lowest BCUT2D eigenvalue weighted by Gasteiger charge is -2.15. The molecule has 0 fully saturated rings. The van der Waals surface area contributed by atoms with E-state index in [1.54, 1.807) is 12.1 Å². The molecule has 1 rings (SSSR count). The van der Waals surface area contributed by atoms with Crippen LogP contribution in [0.4, 0.5) is 0 Å². The highest BCUT2D eigenvalue weighted by molar-refractivity contribution is 5.69. The van der Waals surface area contributed by atoms with E-state index in [9.17, 15) is 14.7 Å². The molecule has 2 atom stereocenters. The third kappa shape index (κ3) is 17.4. The van der Waals surface area contributed by atoms with Gasteiger partial charge in [-0.3, -0.25) is 9.59 Å². The summed E-state index contributed by atoms with van der Waals surface area (Å²) in [4.78, 5) is 24.1. The number of hydrogen-bond acceptors (Lipinski definition) is 7. The number of unbranched alkanes of at least 4 members (excludes halogenated alkanes) is 4. The van der Waals surface area contributed by atoms with Crippen molar-refractivity contribution in [3.05, 3.63) is 23.8 Å². The SMILES string of the molecule is CCCCC(CC)COC(=O)CCCCOc1cc(CO)cc(OCCCCC(=O)OCC(CC)CCCC)c1. The van der Waals surface area contributed by atoms with Gasteiger partial charge in [0.15, 0.2) is 0 Å². The van der Waals surface area contributed by atoms with Crippen molar-refractivity contribution in [2.45, 2.75) is 124 Å². The monoisotopic (exact) mass is 564 g/mol. The van der Waals surface area contributed by atoms with Crippen LogP contribution in [0.15, 0.2) is 18.2 Å². The van der Waals surface area contributed by atoms with E-state index in [4.69, 9.17) is 18.9 Å². The topological polar surface area (TPSA) is 91.3 Å². The first-order chi connectivity index (χ1) is 19.4. The van der Waals surface area contributed by atoms with Crippen molar-refractivity contribution in [1.82, 2.24) is 0 Å². The van der Waals surface area contributed by atoms with Crippen LogP contribution in [0.5, 0.6) is 11.5 Å². The maximum Gasteiger partial charge on any atom is 0.305 e. The molecule has 40 heavy (non-hydrogen) atoms. The molecule has 0 aliphatic carbocycles. The van der Waals surface area contributed by atoms with Gasteiger partial charge in [0.2, 0.25) is 0 Å². The molecule has 2 unspecified atom stereocenters. The summed E-state index contributed by atoms with van der Waals surface area (Å²) < 4.78 is 22.7. The predicted octanol–water partition coefficient (Wildman–Crippen LogP) is 7.80. The first-order valence-electron chi connectivity index (χ1n) is 15.8. The lowest BCUT2D eigenvalue weighted by molar-refractivity contribution is -0.146. The minimum atomic E-state index is -0.140. The quantitative estimate of drug-likeness (QED) is 0.0957. The molecule has 0 aliphatic rings. The fourth-order valence-electron chi connectivity index (χ4n) is 4.37. The Labute approximate surface area is 243 Å². The van der Waals surface area contributed by atoms with Crippen LogP contribution in [0, 0.1) is 11.8 Å². The van der Waals surface area contributed by atoms with Crippen molar-refractivity contribution in [1.29, 1.82) is 0 Å². The van der Waals surface area contributed by atoms with Gasteiger partial charge in [-0.2, -0.15) is 0 Å². The Morgan fingerprint density at radius 2 is 1.12 bits per heavy atom. The van der Waals surface area contributed by atoms with Gasteiger partial charge in [-0.25, -0.2) is 0 Å². The Morgan fingerprint density at radius 3 is 1.50 bits per heavy atom. The first kappa shape index (κ1) is 35.7. The van der Waals surface area contributed by atoms with Crippen LogP contribution < -0.4 is 9.47 Å². The average molecular weight is 565 g/mol. The van der Waals surface area contributed by atoms with Crippen LogP contribution in [0.1, 0.15) is 123 Å². The molecule has 7 heteroatoms. The van der Waals surface area contributed by atoms with Crippen LogP contribution >= 0.6 is 0 Å². The second-order valence-corrected chi connectivity index (χ2v) is 10.8. The Balaban J connectivity index is 2.28. The fraction of sp³-hybridized carbons (Fsp3) is 0.758. The summed E-state index contributed by atoms with van der Waals surface area (Å²) >= 11 is 0. The van der Waals surface area contributed by atoms with Gasteiger partial charge in [0.05, 0.1) is 33.0 Å². The van der Waals surface area contributed by atoms with Crippen LogP contribution in [-0.2, 0) is 25.7 Å². The van der Waals surface area contributed by atoms with Crippen molar-refractivity contribution >= 4 is 11.9 Å². The number of hydrogen-bond donors (Lipinski definition) is 1. The molecule has 7 nitrogen and oxygen atoms in total. The van der Waals surface area contributed by atoms with Crippen LogP contribution in [0.2, 0.25) is 0 Å². The van der Waals surface area contributed by atoms with Crippen LogP contribution in [-0.4, -0.2) is 43.5 Å². The predicted molar refractivity (Wildman–Crippen MR) is 160 cm³/mol. The van der Waals surface area contributed by atoms with Gasteiger partial charge in [-0.1, -0.05) is 66.2 Å². The number of rotatable bonds is 25. The summed E-state index contributed by atoms with van der Waals surface area (Å²) in [7, 11) is 0. The second kappa shape index (κ2) is 23.4. The highest BCUT2D eigenvalue weighted by Gasteiger charge is 2.11. The molecule has 0 radical (unpaired) electrons. The van der Waals surface area contributed by atoms with Crippen molar-refractivity contribution in [3.63, 3.8) is 0 Å². The molecule has 0 bridgehead atoms. The van der Waals surface area contributed by atoms with Gasteiger partial charge in [0, 0.05) is 18.9 Å². The smallest absolute Gasteiger partial charge is 0.305 e. The van der Waals surface area contributed by atoms with Gasteiger partial charge in [0.25, 0.3) is 0 Å². The Bertz CT molecular complexity index is 735. The zero-order valence-electron chi connectivity index (χ0n) is 25.7. The van der Waals surface area contributed by atoms with E-state index in [-0.39, 0.29) is 18.5 Å². The Kier molecular flexibility index (Phi) is 20.9. The third-order valence-corrected chi connectivity index (χ3v) is 7.26. The molecule has 230 valence electrons. The van der Waals surface area contributed by atoms with Crippen LogP contribution in [0.25, 0.3) is 0 Å². The summed E-state index contributed by atoms with van der Waals surface area (Å²) in [5, 5.41) is 9.62. The molecule has 0 saturated carbocycles. The van der Waals surface area contributed by atoms with Gasteiger partial charge >= 0.3 is 11.9 Å². The minimum Gasteiger partial charge on any atom is -0.493 e. The summed E-state index contributed by atoms with van der Waals surface area (Å²) in [5.41, 5.74) is 0.710. The Hall–Kier alpha value is -2.28. The van der Waals surface area contributed by atoms with Crippen molar-refractivity contribution in [2.75, 3.05) is 26.4 Å². The van der Waals surface area contributed by atoms with Gasteiger partial charge in [0.1, 0.15) is 11.5 Å². The maximum atomic E-state index is 12.1. The molecular weight excluding hydrogens is 508 g/mol. The lowest BCUT2D eigenvalue weighted by Crippen LogP contribution is -2.14. The largest absolute Gasteiger partial charge is 0.493 e. The van der Waals surface area contributed by atoms with Crippen molar-refractivity contribution in [2.24, 2.45) is 11.8 Å². The number of carbonyl (C=O) groups excluding carboxylic acids is 2.